The molecule has 4 nitrogen and oxygen atoms in total. The molecule has 1 heterocycles. The van der Waals surface area contributed by atoms with Crippen LogP contribution in [-0.2, 0) is 17.8 Å². The third kappa shape index (κ3) is 3.59. The van der Waals surface area contributed by atoms with Gasteiger partial charge in [-0.25, -0.2) is 0 Å². The van der Waals surface area contributed by atoms with E-state index in [-0.39, 0.29) is 5.91 Å². The summed E-state index contributed by atoms with van der Waals surface area (Å²) in [6.07, 6.45) is 2.00. The Bertz CT molecular complexity index is 848. The molecule has 24 heavy (non-hydrogen) atoms. The van der Waals surface area contributed by atoms with E-state index in [1.807, 2.05) is 68.4 Å². The minimum Gasteiger partial charge on any atom is -0.464 e. The van der Waals surface area contributed by atoms with Crippen LogP contribution < -0.4 is 10.2 Å². The Morgan fingerprint density at radius 1 is 1.12 bits per heavy atom. The summed E-state index contributed by atoms with van der Waals surface area (Å²) in [5.41, 5.74) is 5.13. The molecule has 0 aliphatic heterocycles. The molecule has 0 radical (unpaired) electrons. The Morgan fingerprint density at radius 3 is 2.58 bits per heavy atom. The van der Waals surface area contributed by atoms with E-state index >= 15 is 0 Å². The highest BCUT2D eigenvalue weighted by Gasteiger charge is 2.10. The van der Waals surface area contributed by atoms with Gasteiger partial charge in [-0.1, -0.05) is 24.3 Å². The highest BCUT2D eigenvalue weighted by atomic mass is 16.3. The van der Waals surface area contributed by atoms with Gasteiger partial charge in [0.15, 0.2) is 0 Å². The number of anilines is 1. The van der Waals surface area contributed by atoms with Crippen LogP contribution >= 0.6 is 0 Å². The number of aryl methyl sites for hydroxylation is 1. The zero-order valence-corrected chi connectivity index (χ0v) is 14.3. The fourth-order valence-electron chi connectivity index (χ4n) is 2.68. The van der Waals surface area contributed by atoms with Gasteiger partial charge in [-0.3, -0.25) is 4.79 Å². The summed E-state index contributed by atoms with van der Waals surface area (Å²) in [6, 6.07) is 14.2. The number of nitrogens with zero attached hydrogens (tertiary/aromatic N) is 1. The second-order valence-corrected chi connectivity index (χ2v) is 6.27. The van der Waals surface area contributed by atoms with Crippen LogP contribution in [-0.4, -0.2) is 20.0 Å². The fourth-order valence-corrected chi connectivity index (χ4v) is 2.68. The average molecular weight is 322 g/mol. The lowest BCUT2D eigenvalue weighted by molar-refractivity contribution is -0.120. The molecule has 0 spiro atoms. The van der Waals surface area contributed by atoms with Crippen LogP contribution in [0.2, 0.25) is 0 Å². The van der Waals surface area contributed by atoms with Crippen molar-refractivity contribution in [3.05, 3.63) is 65.4 Å². The van der Waals surface area contributed by atoms with Crippen LogP contribution in [0.5, 0.6) is 0 Å². The first-order valence-corrected chi connectivity index (χ1v) is 8.02. The summed E-state index contributed by atoms with van der Waals surface area (Å²) in [6.45, 7) is 2.55. The third-order valence-corrected chi connectivity index (χ3v) is 4.10. The SMILES string of the molecule is Cc1ccc2c(CC(=O)NCc3ccc(N(C)C)cc3)coc2c1. The molecule has 1 amide bonds. The van der Waals surface area contributed by atoms with Crippen LogP contribution in [0.15, 0.2) is 53.1 Å². The molecule has 0 aliphatic carbocycles. The standard InChI is InChI=1S/C20H22N2O2/c1-14-4-9-18-16(13-24-19(18)10-14)11-20(23)21-12-15-5-7-17(8-6-15)22(2)3/h4-10,13H,11-12H2,1-3H3,(H,21,23). The van der Waals surface area contributed by atoms with E-state index in [0.717, 1.165) is 33.3 Å². The van der Waals surface area contributed by atoms with Gasteiger partial charge in [0, 0.05) is 37.3 Å². The van der Waals surface area contributed by atoms with E-state index in [0.29, 0.717) is 13.0 Å². The maximum absolute atomic E-state index is 12.2. The average Bonchev–Trinajstić information content (AvgIpc) is 2.95. The predicted octanol–water partition coefficient (Wildman–Crippen LogP) is 3.67. The summed E-state index contributed by atoms with van der Waals surface area (Å²) in [4.78, 5) is 14.3. The minimum absolute atomic E-state index is 0.00467. The summed E-state index contributed by atoms with van der Waals surface area (Å²) in [7, 11) is 4.01. The third-order valence-electron chi connectivity index (χ3n) is 4.10. The number of nitrogens with one attached hydrogen (secondary N) is 1. The Labute approximate surface area is 142 Å². The van der Waals surface area contributed by atoms with Gasteiger partial charge in [0.05, 0.1) is 12.7 Å². The van der Waals surface area contributed by atoms with E-state index < -0.39 is 0 Å². The van der Waals surface area contributed by atoms with Crippen molar-refractivity contribution < 1.29 is 9.21 Å². The number of furan rings is 1. The number of carbonyl (C=O) groups excluding carboxylic acids is 1. The van der Waals surface area contributed by atoms with E-state index in [1.54, 1.807) is 6.26 Å². The van der Waals surface area contributed by atoms with Crippen molar-refractivity contribution >= 4 is 22.6 Å². The van der Waals surface area contributed by atoms with Gasteiger partial charge in [0.25, 0.3) is 0 Å². The molecule has 1 N–H and O–H groups in total. The first kappa shape index (κ1) is 16.1. The number of amides is 1. The highest BCUT2D eigenvalue weighted by molar-refractivity contribution is 5.87. The Morgan fingerprint density at radius 2 is 1.88 bits per heavy atom. The second-order valence-electron chi connectivity index (χ2n) is 6.27. The summed E-state index contributed by atoms with van der Waals surface area (Å²) < 4.78 is 5.54. The van der Waals surface area contributed by atoms with Crippen molar-refractivity contribution in [3.63, 3.8) is 0 Å². The molecule has 0 saturated carbocycles. The van der Waals surface area contributed by atoms with Crippen LogP contribution in [0.1, 0.15) is 16.7 Å². The normalized spacial score (nSPS) is 10.8. The quantitative estimate of drug-likeness (QED) is 0.779. The molecule has 0 atom stereocenters. The van der Waals surface area contributed by atoms with Crippen molar-refractivity contribution in [1.29, 1.82) is 0 Å². The van der Waals surface area contributed by atoms with Gasteiger partial charge in [-0.15, -0.1) is 0 Å². The van der Waals surface area contributed by atoms with Crippen molar-refractivity contribution in [2.45, 2.75) is 19.9 Å². The minimum atomic E-state index is -0.00467. The molecule has 4 heteroatoms. The van der Waals surface area contributed by atoms with Gasteiger partial charge < -0.3 is 14.6 Å². The number of benzene rings is 2. The molecule has 0 aliphatic rings. The van der Waals surface area contributed by atoms with Crippen molar-refractivity contribution in [2.75, 3.05) is 19.0 Å². The van der Waals surface area contributed by atoms with E-state index in [2.05, 4.69) is 5.32 Å². The van der Waals surface area contributed by atoms with E-state index in [1.165, 1.54) is 0 Å². The Hall–Kier alpha value is -2.75. The van der Waals surface area contributed by atoms with Crippen molar-refractivity contribution in [2.24, 2.45) is 0 Å². The second kappa shape index (κ2) is 6.79. The summed E-state index contributed by atoms with van der Waals surface area (Å²) in [5.74, 6) is -0.00467. The zero-order valence-electron chi connectivity index (χ0n) is 14.3. The number of fused-ring (bicyclic) bond motifs is 1. The first-order chi connectivity index (χ1) is 11.5. The molecule has 2 aromatic carbocycles. The molecular weight excluding hydrogens is 300 g/mol. The Balaban J connectivity index is 1.60. The topological polar surface area (TPSA) is 45.5 Å². The molecule has 124 valence electrons. The molecule has 3 aromatic rings. The van der Waals surface area contributed by atoms with Crippen LogP contribution in [0, 0.1) is 6.92 Å². The van der Waals surface area contributed by atoms with Crippen molar-refractivity contribution in [1.82, 2.24) is 5.32 Å². The molecular formula is C20H22N2O2. The molecule has 0 unspecified atom stereocenters. The molecule has 1 aromatic heterocycles. The molecule has 0 saturated heterocycles. The van der Waals surface area contributed by atoms with Crippen molar-refractivity contribution in [3.8, 4) is 0 Å². The highest BCUT2D eigenvalue weighted by Crippen LogP contribution is 2.22. The Kier molecular flexibility index (Phi) is 4.56. The monoisotopic (exact) mass is 322 g/mol. The maximum Gasteiger partial charge on any atom is 0.224 e. The zero-order chi connectivity index (χ0) is 17.1. The summed E-state index contributed by atoms with van der Waals surface area (Å²) in [5, 5.41) is 3.97. The van der Waals surface area contributed by atoms with E-state index in [9.17, 15) is 4.79 Å². The van der Waals surface area contributed by atoms with Gasteiger partial charge in [-0.05, 0) is 36.2 Å². The number of rotatable bonds is 5. The van der Waals surface area contributed by atoms with Gasteiger partial charge in [0.1, 0.15) is 5.58 Å². The van der Waals surface area contributed by atoms with Crippen LogP contribution in [0.3, 0.4) is 0 Å². The molecule has 0 fully saturated rings. The fraction of sp³-hybridized carbons (Fsp3) is 0.250. The van der Waals surface area contributed by atoms with Gasteiger partial charge in [0.2, 0.25) is 5.91 Å². The lowest BCUT2D eigenvalue weighted by Crippen LogP contribution is -2.24. The molecule has 0 bridgehead atoms. The maximum atomic E-state index is 12.2. The molecule has 3 rings (SSSR count). The largest absolute Gasteiger partial charge is 0.464 e. The van der Waals surface area contributed by atoms with Gasteiger partial charge in [-0.2, -0.15) is 0 Å². The predicted molar refractivity (Wildman–Crippen MR) is 97.3 cm³/mol. The lowest BCUT2D eigenvalue weighted by atomic mass is 10.1. The smallest absolute Gasteiger partial charge is 0.224 e. The van der Waals surface area contributed by atoms with Crippen LogP contribution in [0.4, 0.5) is 5.69 Å². The summed E-state index contributed by atoms with van der Waals surface area (Å²) >= 11 is 0. The lowest BCUT2D eigenvalue weighted by Gasteiger charge is -2.12. The van der Waals surface area contributed by atoms with Crippen LogP contribution in [0.25, 0.3) is 11.0 Å². The number of hydrogen-bond acceptors (Lipinski definition) is 3. The number of carbonyl (C=O) groups is 1. The van der Waals surface area contributed by atoms with E-state index in [4.69, 9.17) is 4.42 Å². The number of hydrogen-bond donors (Lipinski definition) is 1. The van der Waals surface area contributed by atoms with Gasteiger partial charge >= 0.3 is 0 Å². The first-order valence-electron chi connectivity index (χ1n) is 8.02.